The molecule has 4 aromatic rings. The van der Waals surface area contributed by atoms with Gasteiger partial charge in [0.05, 0.1) is 21.4 Å². The van der Waals surface area contributed by atoms with Crippen molar-refractivity contribution < 1.29 is 4.79 Å². The number of aromatic nitrogens is 3. The van der Waals surface area contributed by atoms with E-state index in [2.05, 4.69) is 46.6 Å². The fourth-order valence-electron chi connectivity index (χ4n) is 3.30. The van der Waals surface area contributed by atoms with Crippen LogP contribution in [0.2, 0.25) is 10.0 Å². The average Bonchev–Trinajstić information content (AvgIpc) is 3.01. The average molecular weight is 425 g/mol. The van der Waals surface area contributed by atoms with Crippen LogP contribution in [0.5, 0.6) is 0 Å². The maximum Gasteiger partial charge on any atom is 0.246 e. The number of fused-ring (bicyclic) bond motifs is 1. The molecule has 146 valence electrons. The van der Waals surface area contributed by atoms with E-state index in [0.29, 0.717) is 21.4 Å². The molecule has 1 amide bonds. The second-order valence-corrected chi connectivity index (χ2v) is 7.63. The number of carbonyl (C=O) groups is 1. The molecule has 5 nitrogen and oxygen atoms in total. The summed E-state index contributed by atoms with van der Waals surface area (Å²) < 4.78 is 1.60. The lowest BCUT2D eigenvalue weighted by molar-refractivity contribution is -0.116. The topological polar surface area (TPSA) is 59.8 Å². The van der Waals surface area contributed by atoms with Gasteiger partial charge in [-0.1, -0.05) is 59.1 Å². The van der Waals surface area contributed by atoms with Crippen molar-refractivity contribution in [3.05, 3.63) is 76.0 Å². The molecule has 29 heavy (non-hydrogen) atoms. The van der Waals surface area contributed by atoms with Gasteiger partial charge >= 0.3 is 0 Å². The Hall–Kier alpha value is -2.89. The molecule has 2 aromatic carbocycles. The van der Waals surface area contributed by atoms with Crippen molar-refractivity contribution in [2.75, 3.05) is 5.32 Å². The number of benzene rings is 2. The van der Waals surface area contributed by atoms with Crippen LogP contribution < -0.4 is 5.32 Å². The molecule has 2 aromatic heterocycles. The second kappa shape index (κ2) is 7.85. The second-order valence-electron chi connectivity index (χ2n) is 6.81. The number of rotatable bonds is 4. The molecule has 0 fully saturated rings. The summed E-state index contributed by atoms with van der Waals surface area (Å²) in [6.07, 6.45) is 1.73. The van der Waals surface area contributed by atoms with Gasteiger partial charge in [-0.25, -0.2) is 9.67 Å². The van der Waals surface area contributed by atoms with Gasteiger partial charge < -0.3 is 5.32 Å². The number of hydrogen-bond acceptors (Lipinski definition) is 3. The molecule has 7 heteroatoms. The van der Waals surface area contributed by atoms with Crippen LogP contribution in [-0.4, -0.2) is 20.7 Å². The number of pyridine rings is 1. The summed E-state index contributed by atoms with van der Waals surface area (Å²) >= 11 is 12.3. The number of carbonyl (C=O) groups excluding carboxylic acids is 1. The Balaban J connectivity index is 1.68. The van der Waals surface area contributed by atoms with E-state index in [9.17, 15) is 4.79 Å². The minimum Gasteiger partial charge on any atom is -0.322 e. The van der Waals surface area contributed by atoms with Crippen molar-refractivity contribution in [3.8, 4) is 11.1 Å². The lowest BCUT2D eigenvalue weighted by Crippen LogP contribution is -2.20. The zero-order valence-electron chi connectivity index (χ0n) is 15.9. The van der Waals surface area contributed by atoms with Gasteiger partial charge in [0.25, 0.3) is 0 Å². The van der Waals surface area contributed by atoms with Crippen molar-refractivity contribution in [1.29, 1.82) is 0 Å². The number of halogens is 2. The zero-order chi connectivity index (χ0) is 20.5. The molecule has 0 saturated carbocycles. The molecule has 0 spiro atoms. The van der Waals surface area contributed by atoms with E-state index in [-0.39, 0.29) is 12.5 Å². The maximum atomic E-state index is 12.6. The van der Waals surface area contributed by atoms with E-state index in [1.807, 2.05) is 13.0 Å². The van der Waals surface area contributed by atoms with E-state index in [0.717, 1.165) is 22.2 Å². The van der Waals surface area contributed by atoms with Crippen molar-refractivity contribution in [1.82, 2.24) is 14.8 Å². The third-order valence-electron chi connectivity index (χ3n) is 4.69. The highest BCUT2D eigenvalue weighted by molar-refractivity contribution is 6.39. The van der Waals surface area contributed by atoms with Gasteiger partial charge in [0.15, 0.2) is 5.65 Å². The molecule has 0 atom stereocenters. The highest BCUT2D eigenvalue weighted by Crippen LogP contribution is 2.31. The highest BCUT2D eigenvalue weighted by atomic mass is 35.5. The summed E-state index contributed by atoms with van der Waals surface area (Å²) in [5, 5.41) is 9.00. The van der Waals surface area contributed by atoms with Crippen LogP contribution in [0, 0.1) is 13.8 Å². The molecule has 0 saturated heterocycles. The van der Waals surface area contributed by atoms with E-state index in [1.54, 1.807) is 29.1 Å². The van der Waals surface area contributed by atoms with Gasteiger partial charge in [-0.2, -0.15) is 5.10 Å². The van der Waals surface area contributed by atoms with Crippen LogP contribution in [-0.2, 0) is 11.3 Å². The molecule has 2 heterocycles. The maximum absolute atomic E-state index is 12.6. The van der Waals surface area contributed by atoms with E-state index in [4.69, 9.17) is 23.2 Å². The first kappa shape index (κ1) is 19.4. The standard InChI is InChI=1S/C22H18Cl2N4O/c1-13-6-8-15(9-7-13)16-10-11-25-22-20(16)14(2)27-28(22)12-19(29)26-21-17(23)4-3-5-18(21)24/h3-11H,12H2,1-2H3,(H,26,29). The van der Waals surface area contributed by atoms with Crippen molar-refractivity contribution in [3.63, 3.8) is 0 Å². The first-order valence-corrected chi connectivity index (χ1v) is 9.82. The van der Waals surface area contributed by atoms with Gasteiger partial charge in [-0.3, -0.25) is 4.79 Å². The van der Waals surface area contributed by atoms with Crippen molar-refractivity contribution in [2.24, 2.45) is 0 Å². The first-order chi connectivity index (χ1) is 13.9. The van der Waals surface area contributed by atoms with E-state index >= 15 is 0 Å². The normalized spacial score (nSPS) is 11.0. The number of aryl methyl sites for hydroxylation is 2. The van der Waals surface area contributed by atoms with Crippen molar-refractivity contribution in [2.45, 2.75) is 20.4 Å². The monoisotopic (exact) mass is 424 g/mol. The number of hydrogen-bond donors (Lipinski definition) is 1. The van der Waals surface area contributed by atoms with Crippen LogP contribution in [0.3, 0.4) is 0 Å². The summed E-state index contributed by atoms with van der Waals surface area (Å²) in [6.45, 7) is 3.97. The predicted molar refractivity (Wildman–Crippen MR) is 118 cm³/mol. The third-order valence-corrected chi connectivity index (χ3v) is 5.32. The van der Waals surface area contributed by atoms with Gasteiger partial charge in [0.2, 0.25) is 5.91 Å². The van der Waals surface area contributed by atoms with Crippen molar-refractivity contribution >= 4 is 45.8 Å². The summed E-state index contributed by atoms with van der Waals surface area (Å²) in [5.41, 5.74) is 5.17. The number of para-hydroxylation sites is 1. The largest absolute Gasteiger partial charge is 0.322 e. The molecule has 0 unspecified atom stereocenters. The lowest BCUT2D eigenvalue weighted by atomic mass is 10.0. The first-order valence-electron chi connectivity index (χ1n) is 9.07. The lowest BCUT2D eigenvalue weighted by Gasteiger charge is -2.09. The number of anilines is 1. The third kappa shape index (κ3) is 3.84. The quantitative estimate of drug-likeness (QED) is 0.459. The van der Waals surface area contributed by atoms with E-state index < -0.39 is 0 Å². The summed E-state index contributed by atoms with van der Waals surface area (Å²) in [4.78, 5) is 17.1. The molecule has 0 aliphatic heterocycles. The minimum absolute atomic E-state index is 0.00373. The summed E-state index contributed by atoms with van der Waals surface area (Å²) in [6, 6.07) is 15.3. The molecule has 4 rings (SSSR count). The Bertz CT molecular complexity index is 1200. The van der Waals surface area contributed by atoms with Crippen LogP contribution in [0.25, 0.3) is 22.2 Å². The summed E-state index contributed by atoms with van der Waals surface area (Å²) in [5.74, 6) is -0.285. The van der Waals surface area contributed by atoms with Crippen LogP contribution in [0.15, 0.2) is 54.7 Å². The van der Waals surface area contributed by atoms with Gasteiger partial charge in [0.1, 0.15) is 6.54 Å². The zero-order valence-corrected chi connectivity index (χ0v) is 17.4. The molecule has 1 N–H and O–H groups in total. The van der Waals surface area contributed by atoms with Gasteiger partial charge in [-0.15, -0.1) is 0 Å². The fourth-order valence-corrected chi connectivity index (χ4v) is 3.79. The Morgan fingerprint density at radius 1 is 1.03 bits per heavy atom. The number of amides is 1. The highest BCUT2D eigenvalue weighted by Gasteiger charge is 2.17. The fraction of sp³-hybridized carbons (Fsp3) is 0.136. The van der Waals surface area contributed by atoms with Gasteiger partial charge in [-0.05, 0) is 43.2 Å². The van der Waals surface area contributed by atoms with Gasteiger partial charge in [0, 0.05) is 11.6 Å². The predicted octanol–water partition coefficient (Wildman–Crippen LogP) is 5.66. The smallest absolute Gasteiger partial charge is 0.246 e. The molecule has 0 aliphatic rings. The SMILES string of the molecule is Cc1ccc(-c2ccnc3c2c(C)nn3CC(=O)Nc2c(Cl)cccc2Cl)cc1. The molecule has 0 aliphatic carbocycles. The minimum atomic E-state index is -0.285. The van der Waals surface area contributed by atoms with E-state index in [1.165, 1.54) is 5.56 Å². The summed E-state index contributed by atoms with van der Waals surface area (Å²) in [7, 11) is 0. The Morgan fingerprint density at radius 3 is 2.41 bits per heavy atom. The molecular weight excluding hydrogens is 407 g/mol. The Labute approximate surface area is 178 Å². The Morgan fingerprint density at radius 2 is 1.72 bits per heavy atom. The molecule has 0 bridgehead atoms. The number of nitrogens with one attached hydrogen (secondary N) is 1. The molecular formula is C22H18Cl2N4O. The van der Waals surface area contributed by atoms with Crippen LogP contribution in [0.1, 0.15) is 11.3 Å². The number of nitrogens with zero attached hydrogens (tertiary/aromatic N) is 3. The molecule has 0 radical (unpaired) electrons. The van der Waals surface area contributed by atoms with Crippen LogP contribution in [0.4, 0.5) is 5.69 Å². The van der Waals surface area contributed by atoms with Crippen LogP contribution >= 0.6 is 23.2 Å². The Kier molecular flexibility index (Phi) is 5.26.